The summed E-state index contributed by atoms with van der Waals surface area (Å²) in [5.74, 6) is 0. The van der Waals surface area contributed by atoms with Crippen LogP contribution in [0.3, 0.4) is 0 Å². The van der Waals surface area contributed by atoms with Gasteiger partial charge in [0.1, 0.15) is 5.08 Å². The molecule has 0 saturated carbocycles. The molecule has 0 radical (unpaired) electrons. The Morgan fingerprint density at radius 2 is 1.62 bits per heavy atom. The third-order valence-corrected chi connectivity index (χ3v) is 2.33. The second kappa shape index (κ2) is 3.15. The van der Waals surface area contributed by atoms with Gasteiger partial charge in [-0.15, -0.1) is 0 Å². The van der Waals surface area contributed by atoms with Gasteiger partial charge in [-0.2, -0.15) is 0 Å². The van der Waals surface area contributed by atoms with Crippen LogP contribution in [-0.4, -0.2) is 23.0 Å². The second-order valence-electron chi connectivity index (χ2n) is 1.78. The van der Waals surface area contributed by atoms with E-state index in [1.54, 1.807) is 0 Å². The van der Waals surface area contributed by atoms with E-state index >= 15 is 0 Å². The Labute approximate surface area is 65.7 Å². The molecule has 1 saturated heterocycles. The number of nitrogens with one attached hydrogen (secondary N) is 2. The molecule has 1 aliphatic rings. The Hall–Kier alpha value is 0.880. The Balaban J connectivity index is 2.19. The number of alkyl halides is 2. The minimum absolute atomic E-state index is 0.302. The van der Waals surface area contributed by atoms with Crippen molar-refractivity contribution in [2.45, 2.75) is 9.90 Å². The first-order valence-electron chi connectivity index (χ1n) is 2.54. The van der Waals surface area contributed by atoms with Crippen molar-refractivity contribution in [2.75, 3.05) is 13.1 Å². The number of hydrogen-bond donors (Lipinski definition) is 2. The first kappa shape index (κ1) is 6.99. The molecular formula is C4H8Br2N2. The Kier molecular flexibility index (Phi) is 2.75. The van der Waals surface area contributed by atoms with Gasteiger partial charge in [0.25, 0.3) is 0 Å². The van der Waals surface area contributed by atoms with Crippen LogP contribution >= 0.6 is 31.9 Å². The molecule has 0 unspecified atom stereocenters. The standard InChI is InChI=1S/C4H8Br2N2/c5-3-1-7-4(6)8-2-3/h3-4,7-8H,1-2H2. The Morgan fingerprint density at radius 1 is 1.12 bits per heavy atom. The average molecular weight is 244 g/mol. The van der Waals surface area contributed by atoms with E-state index in [1.165, 1.54) is 0 Å². The van der Waals surface area contributed by atoms with Gasteiger partial charge in [0, 0.05) is 17.9 Å². The van der Waals surface area contributed by atoms with Crippen molar-refractivity contribution in [3.05, 3.63) is 0 Å². The lowest BCUT2D eigenvalue weighted by Crippen LogP contribution is -2.49. The number of hydrogen-bond acceptors (Lipinski definition) is 2. The largest absolute Gasteiger partial charge is 0.292 e. The molecule has 1 fully saturated rings. The van der Waals surface area contributed by atoms with Crippen LogP contribution in [0.15, 0.2) is 0 Å². The van der Waals surface area contributed by atoms with Gasteiger partial charge in [0.05, 0.1) is 0 Å². The minimum atomic E-state index is 0.302. The van der Waals surface area contributed by atoms with Crippen LogP contribution < -0.4 is 10.6 Å². The smallest absolute Gasteiger partial charge is 0.115 e. The normalized spacial score (nSPS) is 39.8. The van der Waals surface area contributed by atoms with Crippen molar-refractivity contribution in [2.24, 2.45) is 0 Å². The van der Waals surface area contributed by atoms with Gasteiger partial charge in [0.15, 0.2) is 0 Å². The fourth-order valence-corrected chi connectivity index (χ4v) is 1.35. The first-order chi connectivity index (χ1) is 3.79. The van der Waals surface area contributed by atoms with Crippen LogP contribution in [0.4, 0.5) is 0 Å². The summed E-state index contributed by atoms with van der Waals surface area (Å²) in [4.78, 5) is 0.580. The predicted molar refractivity (Wildman–Crippen MR) is 41.4 cm³/mol. The number of rotatable bonds is 0. The van der Waals surface area contributed by atoms with Crippen LogP contribution in [0.25, 0.3) is 0 Å². The van der Waals surface area contributed by atoms with E-state index in [9.17, 15) is 0 Å². The van der Waals surface area contributed by atoms with Crippen molar-refractivity contribution < 1.29 is 0 Å². The monoisotopic (exact) mass is 242 g/mol. The summed E-state index contributed by atoms with van der Waals surface area (Å²) < 4.78 is 0. The summed E-state index contributed by atoms with van der Waals surface area (Å²) in [5, 5.41) is 6.68. The van der Waals surface area contributed by atoms with Gasteiger partial charge in [-0.25, -0.2) is 0 Å². The van der Waals surface area contributed by atoms with E-state index in [0.717, 1.165) is 13.1 Å². The molecule has 1 heterocycles. The van der Waals surface area contributed by atoms with Gasteiger partial charge >= 0.3 is 0 Å². The van der Waals surface area contributed by atoms with Crippen molar-refractivity contribution in [3.8, 4) is 0 Å². The summed E-state index contributed by atoms with van der Waals surface area (Å²) in [6, 6.07) is 0. The molecule has 0 aliphatic carbocycles. The Morgan fingerprint density at radius 3 is 2.00 bits per heavy atom. The molecule has 2 N–H and O–H groups in total. The molecule has 2 nitrogen and oxygen atoms in total. The molecule has 48 valence electrons. The summed E-state index contributed by atoms with van der Waals surface area (Å²) in [6.45, 7) is 2.06. The zero-order chi connectivity index (χ0) is 5.98. The highest BCUT2D eigenvalue weighted by Gasteiger charge is 2.13. The topological polar surface area (TPSA) is 24.1 Å². The second-order valence-corrected chi connectivity index (χ2v) is 3.99. The fraction of sp³-hybridized carbons (Fsp3) is 1.00. The molecule has 0 spiro atoms. The van der Waals surface area contributed by atoms with E-state index < -0.39 is 0 Å². The summed E-state index contributed by atoms with van der Waals surface area (Å²) in [6.07, 6.45) is 0. The summed E-state index contributed by atoms with van der Waals surface area (Å²) in [5.41, 5.74) is 0. The highest BCUT2D eigenvalue weighted by atomic mass is 79.9. The molecular weight excluding hydrogens is 236 g/mol. The lowest BCUT2D eigenvalue weighted by Gasteiger charge is -2.23. The molecule has 0 bridgehead atoms. The Bertz CT molecular complexity index is 60.4. The molecule has 1 aliphatic heterocycles. The van der Waals surface area contributed by atoms with Crippen LogP contribution in [0.1, 0.15) is 0 Å². The zero-order valence-electron chi connectivity index (χ0n) is 4.32. The van der Waals surface area contributed by atoms with E-state index in [-0.39, 0.29) is 0 Å². The maximum atomic E-state index is 3.47. The van der Waals surface area contributed by atoms with Crippen LogP contribution in [-0.2, 0) is 0 Å². The third-order valence-electron chi connectivity index (χ3n) is 1.04. The van der Waals surface area contributed by atoms with Crippen molar-refractivity contribution >= 4 is 31.9 Å². The quantitative estimate of drug-likeness (QED) is 0.482. The van der Waals surface area contributed by atoms with Crippen LogP contribution in [0, 0.1) is 0 Å². The molecule has 0 atom stereocenters. The molecule has 0 aromatic carbocycles. The van der Waals surface area contributed by atoms with Crippen LogP contribution in [0.5, 0.6) is 0 Å². The van der Waals surface area contributed by atoms with Crippen molar-refractivity contribution in [1.82, 2.24) is 10.6 Å². The SMILES string of the molecule is BrC1CNC(Br)NC1. The lowest BCUT2D eigenvalue weighted by atomic mass is 10.4. The van der Waals surface area contributed by atoms with E-state index in [2.05, 4.69) is 42.5 Å². The molecule has 8 heavy (non-hydrogen) atoms. The average Bonchev–Trinajstić information content (AvgIpc) is 1.77. The van der Waals surface area contributed by atoms with Gasteiger partial charge in [-0.1, -0.05) is 31.9 Å². The number of halogens is 2. The van der Waals surface area contributed by atoms with E-state index in [1.807, 2.05) is 0 Å². The van der Waals surface area contributed by atoms with Crippen molar-refractivity contribution in [1.29, 1.82) is 0 Å². The van der Waals surface area contributed by atoms with Crippen molar-refractivity contribution in [3.63, 3.8) is 0 Å². The summed E-state index contributed by atoms with van der Waals surface area (Å²) >= 11 is 6.84. The highest BCUT2D eigenvalue weighted by molar-refractivity contribution is 9.10. The summed E-state index contributed by atoms with van der Waals surface area (Å²) in [7, 11) is 0. The van der Waals surface area contributed by atoms with Gasteiger partial charge < -0.3 is 0 Å². The van der Waals surface area contributed by atoms with Crippen LogP contribution in [0.2, 0.25) is 0 Å². The molecule has 0 aromatic rings. The molecule has 0 amide bonds. The molecule has 1 rings (SSSR count). The predicted octanol–water partition coefficient (Wildman–Crippen LogP) is 0.621. The molecule has 0 aromatic heterocycles. The first-order valence-corrected chi connectivity index (χ1v) is 4.37. The third kappa shape index (κ3) is 2.01. The minimum Gasteiger partial charge on any atom is -0.292 e. The van der Waals surface area contributed by atoms with Gasteiger partial charge in [-0.3, -0.25) is 10.6 Å². The molecule has 4 heteroatoms. The maximum absolute atomic E-state index is 3.47. The van der Waals surface area contributed by atoms with E-state index in [4.69, 9.17) is 0 Å². The lowest BCUT2D eigenvalue weighted by molar-refractivity contribution is 0.484. The van der Waals surface area contributed by atoms with E-state index in [0.29, 0.717) is 9.90 Å². The maximum Gasteiger partial charge on any atom is 0.115 e. The van der Waals surface area contributed by atoms with Gasteiger partial charge in [0.2, 0.25) is 0 Å². The zero-order valence-corrected chi connectivity index (χ0v) is 7.50. The van der Waals surface area contributed by atoms with Gasteiger partial charge in [-0.05, 0) is 0 Å². The highest BCUT2D eigenvalue weighted by Crippen LogP contribution is 2.03. The fourth-order valence-electron chi connectivity index (χ4n) is 0.607.